The molecule has 1 rings (SSSR count). The molecule has 0 aromatic heterocycles. The first kappa shape index (κ1) is 18.1. The number of amides is 1. The lowest BCUT2D eigenvalue weighted by Gasteiger charge is -2.29. The van der Waals surface area contributed by atoms with Gasteiger partial charge in [0.2, 0.25) is 5.91 Å². The predicted octanol–water partition coefficient (Wildman–Crippen LogP) is 3.99. The number of nitrogens with one attached hydrogen (secondary N) is 1. The molecule has 1 aromatic carbocycles. The van der Waals surface area contributed by atoms with E-state index in [2.05, 4.69) is 5.32 Å². The Morgan fingerprint density at radius 3 is 2.05 bits per heavy atom. The van der Waals surface area contributed by atoms with Crippen molar-refractivity contribution >= 4 is 29.1 Å². The van der Waals surface area contributed by atoms with Gasteiger partial charge in [0.25, 0.3) is 0 Å². The van der Waals surface area contributed by atoms with Gasteiger partial charge >= 0.3 is 6.18 Å². The maximum Gasteiger partial charge on any atom is 0.416 e. The molecule has 2 nitrogen and oxygen atoms in total. The molecule has 1 aromatic rings. The molecule has 0 aliphatic rings. The number of hydrogen-bond donors (Lipinski definition) is 1. The van der Waals surface area contributed by atoms with Crippen molar-refractivity contribution in [3.63, 3.8) is 0 Å². The Labute approximate surface area is 131 Å². The molecule has 0 saturated carbocycles. The van der Waals surface area contributed by atoms with Crippen LogP contribution in [0.5, 0.6) is 0 Å². The molecule has 0 unspecified atom stereocenters. The summed E-state index contributed by atoms with van der Waals surface area (Å²) in [6.07, 6.45) is -3.83. The van der Waals surface area contributed by atoms with Crippen LogP contribution < -0.4 is 5.32 Å². The average molecular weight is 342 g/mol. The number of rotatable bonds is 6. The van der Waals surface area contributed by atoms with Crippen LogP contribution in [0.25, 0.3) is 0 Å². The highest BCUT2D eigenvalue weighted by molar-refractivity contribution is 6.22. The first-order valence-corrected chi connectivity index (χ1v) is 7.42. The van der Waals surface area contributed by atoms with Crippen molar-refractivity contribution in [2.75, 3.05) is 11.8 Å². The lowest BCUT2D eigenvalue weighted by molar-refractivity contribution is -0.137. The number of carbonyl (C=O) groups is 1. The highest BCUT2D eigenvalue weighted by Crippen LogP contribution is 2.29. The molecular formula is C14H16Cl2F3NO. The molecule has 0 aliphatic heterocycles. The van der Waals surface area contributed by atoms with Crippen LogP contribution >= 0.6 is 23.2 Å². The smallest absolute Gasteiger partial charge is 0.348 e. The second kappa shape index (κ2) is 7.36. The maximum atomic E-state index is 12.4. The normalized spacial score (nSPS) is 12.3. The molecule has 7 heteroatoms. The third kappa shape index (κ3) is 5.08. The van der Waals surface area contributed by atoms with E-state index in [0.717, 1.165) is 12.1 Å². The molecule has 1 N–H and O–H groups in total. The third-order valence-corrected chi connectivity index (χ3v) is 4.26. The van der Waals surface area contributed by atoms with Gasteiger partial charge in [-0.25, -0.2) is 0 Å². The molecule has 0 atom stereocenters. The summed E-state index contributed by atoms with van der Waals surface area (Å²) in [5, 5.41) is 2.75. The Bertz CT molecular complexity index is 462. The van der Waals surface area contributed by atoms with Crippen LogP contribution in [0.2, 0.25) is 0 Å². The minimum atomic E-state index is -4.38. The molecule has 21 heavy (non-hydrogen) atoms. The van der Waals surface area contributed by atoms with Crippen LogP contribution in [0.1, 0.15) is 24.5 Å². The van der Waals surface area contributed by atoms with Crippen molar-refractivity contribution in [3.05, 3.63) is 35.4 Å². The zero-order valence-electron chi connectivity index (χ0n) is 11.4. The summed E-state index contributed by atoms with van der Waals surface area (Å²) in [4.78, 5) is 11.9. The zero-order valence-corrected chi connectivity index (χ0v) is 12.9. The average Bonchev–Trinajstić information content (AvgIpc) is 2.44. The summed E-state index contributed by atoms with van der Waals surface area (Å²) in [5.41, 5.74) is -0.933. The monoisotopic (exact) mass is 341 g/mol. The summed E-state index contributed by atoms with van der Waals surface area (Å²) in [6.45, 7) is 1.85. The van der Waals surface area contributed by atoms with Crippen molar-refractivity contribution in [1.29, 1.82) is 0 Å². The first-order chi connectivity index (χ1) is 9.76. The van der Waals surface area contributed by atoms with Gasteiger partial charge in [-0.15, -0.1) is 23.2 Å². The fourth-order valence-corrected chi connectivity index (χ4v) is 2.51. The maximum absolute atomic E-state index is 12.4. The van der Waals surface area contributed by atoms with Crippen LogP contribution in [-0.2, 0) is 17.4 Å². The van der Waals surface area contributed by atoms with Crippen LogP contribution in [0.4, 0.5) is 13.2 Å². The topological polar surface area (TPSA) is 29.1 Å². The molecule has 0 bridgehead atoms. The second-order valence-corrected chi connectivity index (χ2v) is 5.36. The number of halogens is 5. The minimum absolute atomic E-state index is 0.0202. The van der Waals surface area contributed by atoms with Gasteiger partial charge in [-0.2, -0.15) is 13.2 Å². The molecule has 0 heterocycles. The van der Waals surface area contributed by atoms with E-state index in [4.69, 9.17) is 23.2 Å². The molecule has 1 amide bonds. The lowest BCUT2D eigenvalue weighted by Crippen LogP contribution is -2.51. The van der Waals surface area contributed by atoms with Gasteiger partial charge in [0, 0.05) is 11.8 Å². The zero-order chi connectivity index (χ0) is 16.1. The van der Waals surface area contributed by atoms with E-state index in [9.17, 15) is 18.0 Å². The van der Waals surface area contributed by atoms with Gasteiger partial charge < -0.3 is 5.32 Å². The number of benzene rings is 1. The SMILES string of the molecule is CCC(CCl)(CCl)NC(=O)Cc1ccc(C(F)(F)F)cc1. The first-order valence-electron chi connectivity index (χ1n) is 6.35. The number of hydrogen-bond acceptors (Lipinski definition) is 1. The largest absolute Gasteiger partial charge is 0.416 e. The van der Waals surface area contributed by atoms with Crippen molar-refractivity contribution in [2.45, 2.75) is 31.5 Å². The van der Waals surface area contributed by atoms with Gasteiger partial charge in [0.1, 0.15) is 0 Å². The molecular weight excluding hydrogens is 326 g/mol. The van der Waals surface area contributed by atoms with E-state index in [1.54, 1.807) is 0 Å². The van der Waals surface area contributed by atoms with Crippen LogP contribution in [0, 0.1) is 0 Å². The van der Waals surface area contributed by atoms with Crippen LogP contribution in [0.3, 0.4) is 0 Å². The van der Waals surface area contributed by atoms with Gasteiger partial charge in [-0.05, 0) is 24.1 Å². The van der Waals surface area contributed by atoms with Gasteiger partial charge in [0.15, 0.2) is 0 Å². The minimum Gasteiger partial charge on any atom is -0.348 e. The van der Waals surface area contributed by atoms with E-state index >= 15 is 0 Å². The van der Waals surface area contributed by atoms with Crippen molar-refractivity contribution in [1.82, 2.24) is 5.32 Å². The van der Waals surface area contributed by atoms with Crippen molar-refractivity contribution < 1.29 is 18.0 Å². The molecule has 118 valence electrons. The molecule has 0 aliphatic carbocycles. The van der Waals surface area contributed by atoms with Crippen LogP contribution in [0.15, 0.2) is 24.3 Å². The fourth-order valence-electron chi connectivity index (χ4n) is 1.72. The summed E-state index contributed by atoms with van der Waals surface area (Å²) in [6, 6.07) is 4.49. The molecule has 0 spiro atoms. The third-order valence-electron chi connectivity index (χ3n) is 3.24. The van der Waals surface area contributed by atoms with E-state index in [1.807, 2.05) is 6.92 Å². The van der Waals surface area contributed by atoms with Gasteiger partial charge in [0.05, 0.1) is 17.5 Å². The van der Waals surface area contributed by atoms with E-state index in [-0.39, 0.29) is 24.1 Å². The Morgan fingerprint density at radius 2 is 1.67 bits per heavy atom. The molecule has 0 saturated heterocycles. The van der Waals surface area contributed by atoms with Gasteiger partial charge in [-0.1, -0.05) is 19.1 Å². The summed E-state index contributed by atoms with van der Waals surface area (Å²) < 4.78 is 37.3. The number of carbonyl (C=O) groups excluding carboxylic acids is 1. The van der Waals surface area contributed by atoms with Crippen molar-refractivity contribution in [2.24, 2.45) is 0 Å². The Kier molecular flexibility index (Phi) is 6.35. The van der Waals surface area contributed by atoms with Crippen molar-refractivity contribution in [3.8, 4) is 0 Å². The van der Waals surface area contributed by atoms with Crippen LogP contribution in [-0.4, -0.2) is 23.2 Å². The Morgan fingerprint density at radius 1 is 1.14 bits per heavy atom. The standard InChI is InChI=1S/C14H16Cl2F3NO/c1-2-13(8-15,9-16)20-12(21)7-10-3-5-11(6-4-10)14(17,18)19/h3-6H,2,7-9H2,1H3,(H,20,21). The van der Waals surface area contributed by atoms with E-state index in [1.165, 1.54) is 12.1 Å². The highest BCUT2D eigenvalue weighted by Gasteiger charge is 2.30. The lowest BCUT2D eigenvalue weighted by atomic mass is 10.0. The highest BCUT2D eigenvalue weighted by atomic mass is 35.5. The second-order valence-electron chi connectivity index (χ2n) is 4.82. The fraction of sp³-hybridized carbons (Fsp3) is 0.500. The summed E-state index contributed by atoms with van der Waals surface area (Å²) in [5.74, 6) is 0.0234. The quantitative estimate of drug-likeness (QED) is 0.778. The number of alkyl halides is 5. The molecule has 0 radical (unpaired) electrons. The Balaban J connectivity index is 2.71. The predicted molar refractivity (Wildman–Crippen MR) is 77.8 cm³/mol. The summed E-state index contributed by atoms with van der Waals surface area (Å²) >= 11 is 11.6. The van der Waals surface area contributed by atoms with Gasteiger partial charge in [-0.3, -0.25) is 4.79 Å². The Hall–Kier alpha value is -0.940. The molecule has 0 fully saturated rings. The van der Waals surface area contributed by atoms with E-state index < -0.39 is 17.3 Å². The van der Waals surface area contributed by atoms with E-state index in [0.29, 0.717) is 12.0 Å². The summed E-state index contributed by atoms with van der Waals surface area (Å²) in [7, 11) is 0.